The van der Waals surface area contributed by atoms with E-state index in [4.69, 9.17) is 13.9 Å². The van der Waals surface area contributed by atoms with Crippen LogP contribution in [-0.4, -0.2) is 53.3 Å². The topological polar surface area (TPSA) is 85.1 Å². The van der Waals surface area contributed by atoms with Crippen molar-refractivity contribution in [2.75, 3.05) is 24.6 Å². The largest absolute Gasteiger partial charge is 0.465 e. The van der Waals surface area contributed by atoms with Crippen molar-refractivity contribution >= 4 is 24.0 Å². The molecule has 1 amide bonds. The molecule has 0 N–H and O–H groups in total. The van der Waals surface area contributed by atoms with Crippen molar-refractivity contribution in [3.63, 3.8) is 0 Å². The van der Waals surface area contributed by atoms with Gasteiger partial charge in [0.1, 0.15) is 22.9 Å². The number of aryl methyl sites for hydroxylation is 1. The number of aromatic nitrogens is 1. The van der Waals surface area contributed by atoms with E-state index in [1.807, 2.05) is 45.9 Å². The zero-order chi connectivity index (χ0) is 24.0. The molecular formula is C25H33N3O5. The lowest BCUT2D eigenvalue weighted by atomic mass is 10.2. The number of carbonyl (C=O) groups is 2. The number of anilines is 1. The second-order valence-electron chi connectivity index (χ2n) is 9.08. The maximum atomic E-state index is 13.1. The molecule has 2 aromatic rings. The molecule has 0 bridgehead atoms. The van der Waals surface area contributed by atoms with Crippen molar-refractivity contribution in [1.29, 1.82) is 0 Å². The van der Waals surface area contributed by atoms with Crippen LogP contribution in [0.4, 0.5) is 10.6 Å². The van der Waals surface area contributed by atoms with Crippen molar-refractivity contribution in [2.45, 2.75) is 59.2 Å². The summed E-state index contributed by atoms with van der Waals surface area (Å²) in [6, 6.07) is 7.45. The molecule has 0 saturated carbocycles. The predicted molar refractivity (Wildman–Crippen MR) is 126 cm³/mol. The fourth-order valence-corrected chi connectivity index (χ4v) is 3.69. The molecule has 33 heavy (non-hydrogen) atoms. The van der Waals surface area contributed by atoms with Crippen LogP contribution in [0.1, 0.15) is 51.2 Å². The summed E-state index contributed by atoms with van der Waals surface area (Å²) in [6.07, 6.45) is 4.99. The van der Waals surface area contributed by atoms with E-state index in [1.54, 1.807) is 30.2 Å². The molecule has 1 fully saturated rings. The molecule has 0 aliphatic carbocycles. The van der Waals surface area contributed by atoms with Gasteiger partial charge in [-0.2, -0.15) is 0 Å². The summed E-state index contributed by atoms with van der Waals surface area (Å²) >= 11 is 0. The van der Waals surface area contributed by atoms with Crippen LogP contribution in [-0.2, 0) is 20.8 Å². The van der Waals surface area contributed by atoms with Gasteiger partial charge in [0, 0.05) is 25.4 Å². The van der Waals surface area contributed by atoms with Gasteiger partial charge in [-0.05, 0) is 76.9 Å². The van der Waals surface area contributed by atoms with Gasteiger partial charge >= 0.3 is 12.1 Å². The summed E-state index contributed by atoms with van der Waals surface area (Å²) in [6.45, 7) is 11.8. The second-order valence-corrected chi connectivity index (χ2v) is 9.08. The highest BCUT2D eigenvalue weighted by atomic mass is 16.6. The SMILES string of the molecule is CCOC(=O)/C=C/c1ccc(N(C(=O)OC(C)(C)C)[C@@H]2CCN(Cc3ccc(C)o3)C2)nc1. The molecule has 0 aromatic carbocycles. The number of esters is 1. The Morgan fingerprint density at radius 1 is 1.27 bits per heavy atom. The Hall–Kier alpha value is -3.13. The van der Waals surface area contributed by atoms with Crippen LogP contribution in [0, 0.1) is 6.92 Å². The van der Waals surface area contributed by atoms with Crippen LogP contribution >= 0.6 is 0 Å². The minimum Gasteiger partial charge on any atom is -0.465 e. The van der Waals surface area contributed by atoms with Crippen LogP contribution in [0.5, 0.6) is 0 Å². The first-order chi connectivity index (χ1) is 15.6. The van der Waals surface area contributed by atoms with Gasteiger partial charge in [-0.15, -0.1) is 0 Å². The third kappa shape index (κ3) is 7.18. The first-order valence-electron chi connectivity index (χ1n) is 11.3. The van der Waals surface area contributed by atoms with Crippen LogP contribution in [0.15, 0.2) is 41.0 Å². The summed E-state index contributed by atoms with van der Waals surface area (Å²) < 4.78 is 16.3. The maximum absolute atomic E-state index is 13.1. The molecule has 8 nitrogen and oxygen atoms in total. The van der Waals surface area contributed by atoms with Gasteiger partial charge in [0.2, 0.25) is 0 Å². The molecule has 0 radical (unpaired) electrons. The standard InChI is InChI=1S/C25H33N3O5/c1-6-31-23(29)12-9-19-8-11-22(26-15-19)28(24(30)33-25(3,4)5)20-13-14-27(16-20)17-21-10-7-18(2)32-21/h7-12,15,20H,6,13-14,16-17H2,1-5H3/b12-9+/t20-/m1/s1. The average Bonchev–Trinajstić information content (AvgIpc) is 3.35. The monoisotopic (exact) mass is 455 g/mol. The zero-order valence-corrected chi connectivity index (χ0v) is 20.0. The molecule has 1 aliphatic heterocycles. The van der Waals surface area contributed by atoms with E-state index in [1.165, 1.54) is 6.08 Å². The van der Waals surface area contributed by atoms with E-state index in [0.29, 0.717) is 25.5 Å². The first kappa shape index (κ1) is 24.5. The van der Waals surface area contributed by atoms with Gasteiger partial charge < -0.3 is 13.9 Å². The van der Waals surface area contributed by atoms with E-state index >= 15 is 0 Å². The number of hydrogen-bond acceptors (Lipinski definition) is 7. The smallest absolute Gasteiger partial charge is 0.416 e. The normalized spacial score (nSPS) is 16.8. The van der Waals surface area contributed by atoms with Crippen molar-refractivity contribution in [1.82, 2.24) is 9.88 Å². The summed E-state index contributed by atoms with van der Waals surface area (Å²) in [5.74, 6) is 1.90. The highest BCUT2D eigenvalue weighted by Gasteiger charge is 2.35. The molecule has 1 atom stereocenters. The van der Waals surface area contributed by atoms with Crippen LogP contribution in [0.3, 0.4) is 0 Å². The minimum atomic E-state index is -0.623. The zero-order valence-electron chi connectivity index (χ0n) is 20.0. The lowest BCUT2D eigenvalue weighted by molar-refractivity contribution is -0.137. The predicted octanol–water partition coefficient (Wildman–Crippen LogP) is 4.58. The van der Waals surface area contributed by atoms with Gasteiger partial charge in [0.25, 0.3) is 0 Å². The maximum Gasteiger partial charge on any atom is 0.416 e. The Bertz CT molecular complexity index is 975. The molecule has 3 heterocycles. The third-order valence-electron chi connectivity index (χ3n) is 5.09. The number of amides is 1. The average molecular weight is 456 g/mol. The van der Waals surface area contributed by atoms with Crippen LogP contribution in [0.2, 0.25) is 0 Å². The second kappa shape index (κ2) is 10.7. The number of hydrogen-bond donors (Lipinski definition) is 0. The van der Waals surface area contributed by atoms with Crippen molar-refractivity contribution < 1.29 is 23.5 Å². The van der Waals surface area contributed by atoms with E-state index in [-0.39, 0.29) is 6.04 Å². The van der Waals surface area contributed by atoms with Gasteiger partial charge in [-0.25, -0.2) is 14.6 Å². The van der Waals surface area contributed by atoms with E-state index in [2.05, 4.69) is 9.88 Å². The molecule has 2 aromatic heterocycles. The molecule has 1 aliphatic rings. The van der Waals surface area contributed by atoms with E-state index in [9.17, 15) is 9.59 Å². The van der Waals surface area contributed by atoms with Crippen molar-refractivity contribution in [3.05, 3.63) is 53.6 Å². The molecule has 0 unspecified atom stereocenters. The lowest BCUT2D eigenvalue weighted by Gasteiger charge is -2.31. The quantitative estimate of drug-likeness (QED) is 0.446. The number of carbonyl (C=O) groups excluding carboxylic acids is 2. The summed E-state index contributed by atoms with van der Waals surface area (Å²) in [5, 5.41) is 0. The van der Waals surface area contributed by atoms with Crippen LogP contribution in [0.25, 0.3) is 6.08 Å². The Kier molecular flexibility index (Phi) is 7.92. The molecule has 178 valence electrons. The molecule has 3 rings (SSSR count). The van der Waals surface area contributed by atoms with Gasteiger partial charge in [-0.1, -0.05) is 0 Å². The molecular weight excluding hydrogens is 422 g/mol. The van der Waals surface area contributed by atoms with Crippen molar-refractivity contribution in [3.8, 4) is 0 Å². The Morgan fingerprint density at radius 3 is 2.67 bits per heavy atom. The number of nitrogens with zero attached hydrogens (tertiary/aromatic N) is 3. The van der Waals surface area contributed by atoms with Gasteiger partial charge in [-0.3, -0.25) is 9.80 Å². The number of rotatable bonds is 7. The number of furan rings is 1. The van der Waals surface area contributed by atoms with Crippen molar-refractivity contribution in [2.24, 2.45) is 0 Å². The minimum absolute atomic E-state index is 0.0793. The summed E-state index contributed by atoms with van der Waals surface area (Å²) in [5.41, 5.74) is 0.110. The third-order valence-corrected chi connectivity index (χ3v) is 5.09. The fourth-order valence-electron chi connectivity index (χ4n) is 3.69. The summed E-state index contributed by atoms with van der Waals surface area (Å²) in [7, 11) is 0. The lowest BCUT2D eigenvalue weighted by Crippen LogP contribution is -2.45. The Labute approximate surface area is 195 Å². The molecule has 1 saturated heterocycles. The number of likely N-dealkylation sites (tertiary alicyclic amines) is 1. The number of ether oxygens (including phenoxy) is 2. The number of pyridine rings is 1. The Balaban J connectivity index is 1.75. The van der Waals surface area contributed by atoms with Gasteiger partial charge in [0.05, 0.1) is 19.2 Å². The summed E-state index contributed by atoms with van der Waals surface area (Å²) in [4.78, 5) is 33.1. The highest BCUT2D eigenvalue weighted by molar-refractivity contribution is 5.88. The highest BCUT2D eigenvalue weighted by Crippen LogP contribution is 2.26. The Morgan fingerprint density at radius 2 is 2.06 bits per heavy atom. The molecule has 0 spiro atoms. The first-order valence-corrected chi connectivity index (χ1v) is 11.3. The molecule has 8 heteroatoms. The van der Waals surface area contributed by atoms with Crippen LogP contribution < -0.4 is 4.90 Å². The fraction of sp³-hybridized carbons (Fsp3) is 0.480. The van der Waals surface area contributed by atoms with E-state index in [0.717, 1.165) is 30.0 Å². The van der Waals surface area contributed by atoms with E-state index < -0.39 is 17.7 Å². The van der Waals surface area contributed by atoms with Gasteiger partial charge in [0.15, 0.2) is 0 Å².